The van der Waals surface area contributed by atoms with Gasteiger partial charge in [-0.2, -0.15) is 22.7 Å². The number of hydrogen-bond donors (Lipinski definition) is 3. The van der Waals surface area contributed by atoms with Crippen LogP contribution in [0, 0.1) is 5.95 Å². The molecule has 3 N–H and O–H groups in total. The lowest BCUT2D eigenvalue weighted by atomic mass is 9.88. The number of rotatable bonds is 9. The van der Waals surface area contributed by atoms with Crippen LogP contribution in [0.2, 0.25) is 0 Å². The van der Waals surface area contributed by atoms with E-state index in [1.54, 1.807) is 42.5 Å². The number of aromatic nitrogens is 3. The average Bonchev–Trinajstić information content (AvgIpc) is 3.23. The Kier molecular flexibility index (Phi) is 7.66. The molecule has 4 rings (SSSR count). The van der Waals surface area contributed by atoms with Crippen LogP contribution in [0.5, 0.6) is 5.88 Å². The Morgan fingerprint density at radius 3 is 2.42 bits per heavy atom. The molecule has 0 aliphatic heterocycles. The summed E-state index contributed by atoms with van der Waals surface area (Å²) in [4.78, 5) is 4.20. The molecule has 0 fully saturated rings. The Bertz CT molecular complexity index is 1340. The van der Waals surface area contributed by atoms with Crippen LogP contribution in [-0.4, -0.2) is 50.9 Å². The molecule has 0 radical (unpaired) electrons. The zero-order valence-electron chi connectivity index (χ0n) is 19.0. The fraction of sp³-hybridized carbons (Fsp3) is 0.231. The van der Waals surface area contributed by atoms with E-state index in [1.807, 2.05) is 0 Å². The van der Waals surface area contributed by atoms with Gasteiger partial charge in [-0.05, 0) is 46.9 Å². The summed E-state index contributed by atoms with van der Waals surface area (Å²) in [6.07, 6.45) is -5.11. The van der Waals surface area contributed by atoms with E-state index in [0.717, 1.165) is 0 Å². The van der Waals surface area contributed by atoms with Crippen molar-refractivity contribution >= 4 is 22.0 Å². The summed E-state index contributed by atoms with van der Waals surface area (Å²) in [6.45, 7) is -0.302. The largest absolute Gasteiger partial charge is 0.475 e. The molecule has 36 heavy (non-hydrogen) atoms. The number of aromatic amines is 1. The van der Waals surface area contributed by atoms with Gasteiger partial charge in [0, 0.05) is 24.4 Å². The van der Waals surface area contributed by atoms with E-state index in [1.165, 1.54) is 24.4 Å². The van der Waals surface area contributed by atoms with Gasteiger partial charge in [0.15, 0.2) is 0 Å². The van der Waals surface area contributed by atoms with Crippen molar-refractivity contribution in [3.8, 4) is 5.88 Å². The van der Waals surface area contributed by atoms with Gasteiger partial charge in [0.2, 0.25) is 11.8 Å². The van der Waals surface area contributed by atoms with E-state index < -0.39 is 24.6 Å². The first kappa shape index (κ1) is 25.3. The minimum Gasteiger partial charge on any atom is -0.475 e. The third-order valence-corrected chi connectivity index (χ3v) is 5.51. The van der Waals surface area contributed by atoms with E-state index in [2.05, 4.69) is 15.2 Å². The maximum Gasteiger partial charge on any atom is 0.393 e. The average molecular weight is 501 g/mol. The fourth-order valence-corrected chi connectivity index (χ4v) is 3.85. The zero-order valence-corrected chi connectivity index (χ0v) is 19.0. The van der Waals surface area contributed by atoms with Crippen molar-refractivity contribution in [2.24, 2.45) is 0 Å². The summed E-state index contributed by atoms with van der Waals surface area (Å²) >= 11 is 0. The topological polar surface area (TPSA) is 91.3 Å². The molecule has 0 saturated heterocycles. The molecule has 6 nitrogen and oxygen atoms in total. The molecular formula is C26H23F4N3O3. The van der Waals surface area contributed by atoms with E-state index >= 15 is 0 Å². The van der Waals surface area contributed by atoms with Gasteiger partial charge in [0.05, 0.1) is 23.4 Å². The second kappa shape index (κ2) is 10.9. The van der Waals surface area contributed by atoms with Crippen molar-refractivity contribution in [2.45, 2.75) is 25.1 Å². The number of benzene rings is 2. The predicted octanol–water partition coefficient (Wildman–Crippen LogP) is 5.13. The smallest absolute Gasteiger partial charge is 0.393 e. The summed E-state index contributed by atoms with van der Waals surface area (Å²) in [7, 11) is 0. The molecule has 0 bridgehead atoms. The second-order valence-corrected chi connectivity index (χ2v) is 8.14. The normalized spacial score (nSPS) is 13.5. The molecule has 2 aromatic carbocycles. The molecule has 0 spiro atoms. The number of aliphatic hydroxyl groups is 2. The third-order valence-electron chi connectivity index (χ3n) is 5.51. The summed E-state index contributed by atoms with van der Waals surface area (Å²) < 4.78 is 61.0. The molecule has 0 aliphatic rings. The first-order valence-corrected chi connectivity index (χ1v) is 11.1. The van der Waals surface area contributed by atoms with Crippen LogP contribution < -0.4 is 4.74 Å². The Morgan fingerprint density at radius 2 is 1.75 bits per heavy atom. The summed E-state index contributed by atoms with van der Waals surface area (Å²) in [6, 6.07) is 15.8. The lowest BCUT2D eigenvalue weighted by Crippen LogP contribution is -2.19. The van der Waals surface area contributed by atoms with Gasteiger partial charge in [-0.3, -0.25) is 5.10 Å². The lowest BCUT2D eigenvalue weighted by Gasteiger charge is -2.19. The van der Waals surface area contributed by atoms with Crippen molar-refractivity contribution < 1.29 is 32.5 Å². The molecule has 2 aromatic heterocycles. The van der Waals surface area contributed by atoms with Crippen LogP contribution in [0.25, 0.3) is 22.0 Å². The minimum atomic E-state index is -4.51. The monoisotopic (exact) mass is 501 g/mol. The lowest BCUT2D eigenvalue weighted by molar-refractivity contribution is -0.122. The Morgan fingerprint density at radius 1 is 1.00 bits per heavy atom. The van der Waals surface area contributed by atoms with Gasteiger partial charge < -0.3 is 14.9 Å². The molecular weight excluding hydrogens is 478 g/mol. The number of halogens is 4. The second-order valence-electron chi connectivity index (χ2n) is 8.14. The SMILES string of the molecule is OCCC(O)COc1ccc(/C(=C(/CC(F)(F)F)c2ccccc2)c2ccc3n[nH]c(F)c3c2)cn1. The Hall–Kier alpha value is -3.76. The van der Waals surface area contributed by atoms with Crippen LogP contribution in [-0.2, 0) is 0 Å². The van der Waals surface area contributed by atoms with E-state index in [-0.39, 0.29) is 42.0 Å². The highest BCUT2D eigenvalue weighted by Gasteiger charge is 2.31. The van der Waals surface area contributed by atoms with Crippen LogP contribution in [0.3, 0.4) is 0 Å². The maximum atomic E-state index is 14.3. The van der Waals surface area contributed by atoms with Gasteiger partial charge in [-0.1, -0.05) is 36.4 Å². The van der Waals surface area contributed by atoms with Crippen molar-refractivity contribution in [1.29, 1.82) is 0 Å². The molecule has 10 heteroatoms. The van der Waals surface area contributed by atoms with E-state index in [0.29, 0.717) is 22.2 Å². The summed E-state index contributed by atoms with van der Waals surface area (Å²) in [5.41, 5.74) is 1.67. The number of fused-ring (bicyclic) bond motifs is 1. The molecule has 4 aromatic rings. The maximum absolute atomic E-state index is 14.3. The molecule has 0 aliphatic carbocycles. The number of allylic oxidation sites excluding steroid dienone is 1. The van der Waals surface area contributed by atoms with Crippen molar-refractivity contribution in [3.05, 3.63) is 89.5 Å². The van der Waals surface area contributed by atoms with Crippen LogP contribution >= 0.6 is 0 Å². The van der Waals surface area contributed by atoms with Crippen molar-refractivity contribution in [1.82, 2.24) is 15.2 Å². The summed E-state index contributed by atoms with van der Waals surface area (Å²) in [5.74, 6) is -0.532. The number of nitrogens with zero attached hydrogens (tertiary/aromatic N) is 2. The number of hydrogen-bond acceptors (Lipinski definition) is 5. The molecule has 1 unspecified atom stereocenters. The molecule has 0 amide bonds. The Labute approximate surface area is 203 Å². The minimum absolute atomic E-state index is 0.000175. The highest BCUT2D eigenvalue weighted by atomic mass is 19.4. The van der Waals surface area contributed by atoms with Gasteiger partial charge in [0.1, 0.15) is 6.61 Å². The van der Waals surface area contributed by atoms with Gasteiger partial charge in [0.25, 0.3) is 0 Å². The third kappa shape index (κ3) is 6.07. The fourth-order valence-electron chi connectivity index (χ4n) is 3.85. The van der Waals surface area contributed by atoms with Crippen LogP contribution in [0.4, 0.5) is 17.6 Å². The standard InChI is InChI=1S/C26H23F4N3O3/c27-25-20-12-17(6-8-22(20)32-33-25)24(21(13-26(28,29)30)16-4-2-1-3-5-16)18-7-9-23(31-14-18)36-15-19(35)10-11-34/h1-9,12,14,19,34-35H,10-11,13,15H2,(H,32,33)/b24-21-. The van der Waals surface area contributed by atoms with Crippen molar-refractivity contribution in [2.75, 3.05) is 13.2 Å². The van der Waals surface area contributed by atoms with Gasteiger partial charge in [-0.25, -0.2) is 4.98 Å². The van der Waals surface area contributed by atoms with Crippen molar-refractivity contribution in [3.63, 3.8) is 0 Å². The highest BCUT2D eigenvalue weighted by Crippen LogP contribution is 2.40. The molecule has 1 atom stereocenters. The first-order valence-electron chi connectivity index (χ1n) is 11.1. The molecule has 2 heterocycles. The summed E-state index contributed by atoms with van der Waals surface area (Å²) in [5, 5.41) is 24.9. The van der Waals surface area contributed by atoms with E-state index in [4.69, 9.17) is 9.84 Å². The van der Waals surface area contributed by atoms with Crippen LogP contribution in [0.1, 0.15) is 29.5 Å². The quantitative estimate of drug-likeness (QED) is 0.219. The number of alkyl halides is 3. The van der Waals surface area contributed by atoms with E-state index in [9.17, 15) is 22.7 Å². The number of ether oxygens (including phenoxy) is 1. The number of aliphatic hydroxyl groups excluding tert-OH is 2. The van der Waals surface area contributed by atoms with Crippen LogP contribution in [0.15, 0.2) is 66.9 Å². The van der Waals surface area contributed by atoms with Gasteiger partial charge in [-0.15, -0.1) is 0 Å². The van der Waals surface area contributed by atoms with Gasteiger partial charge >= 0.3 is 6.18 Å². The molecule has 0 saturated carbocycles. The number of pyridine rings is 1. The molecule has 188 valence electrons. The predicted molar refractivity (Wildman–Crippen MR) is 127 cm³/mol. The Balaban J connectivity index is 1.85. The first-order chi connectivity index (χ1) is 17.2. The number of nitrogens with one attached hydrogen (secondary N) is 1. The number of H-pyrrole nitrogens is 1. The zero-order chi connectivity index (χ0) is 25.7. The highest BCUT2D eigenvalue weighted by molar-refractivity contribution is 6.00.